The number of aryl methyl sites for hydroxylation is 2. The van der Waals surface area contributed by atoms with Gasteiger partial charge in [0.1, 0.15) is 17.4 Å². The third kappa shape index (κ3) is 3.03. The molecule has 1 heterocycles. The lowest BCUT2D eigenvalue weighted by atomic mass is 10.0. The molecule has 0 atom stereocenters. The van der Waals surface area contributed by atoms with Crippen molar-refractivity contribution < 1.29 is 4.74 Å². The smallest absolute Gasteiger partial charge is 0.257 e. The molecule has 1 aromatic carbocycles. The molecule has 4 heteroatoms. The summed E-state index contributed by atoms with van der Waals surface area (Å²) in [7, 11) is 0. The van der Waals surface area contributed by atoms with E-state index in [1.165, 1.54) is 0 Å². The van der Waals surface area contributed by atoms with Crippen LogP contribution in [0.25, 0.3) is 0 Å². The van der Waals surface area contributed by atoms with Crippen LogP contribution in [-0.4, -0.2) is 10.2 Å². The zero-order valence-electron chi connectivity index (χ0n) is 13.1. The van der Waals surface area contributed by atoms with Crippen molar-refractivity contribution >= 4 is 0 Å². The van der Waals surface area contributed by atoms with E-state index >= 15 is 0 Å². The molecule has 0 bridgehead atoms. The Morgan fingerprint density at radius 1 is 1.14 bits per heavy atom. The van der Waals surface area contributed by atoms with Crippen LogP contribution in [0.2, 0.25) is 0 Å². The summed E-state index contributed by atoms with van der Waals surface area (Å²) in [6.07, 6.45) is 0. The summed E-state index contributed by atoms with van der Waals surface area (Å²) >= 11 is 0. The molecule has 0 spiro atoms. The van der Waals surface area contributed by atoms with Gasteiger partial charge in [0, 0.05) is 0 Å². The van der Waals surface area contributed by atoms with Crippen molar-refractivity contribution in [1.82, 2.24) is 10.2 Å². The highest BCUT2D eigenvalue weighted by Gasteiger charge is 2.15. The molecule has 4 nitrogen and oxygen atoms in total. The molecule has 0 unspecified atom stereocenters. The highest BCUT2D eigenvalue weighted by Crippen LogP contribution is 2.32. The summed E-state index contributed by atoms with van der Waals surface area (Å²) in [4.78, 5) is 0. The van der Waals surface area contributed by atoms with E-state index in [1.807, 2.05) is 26.8 Å². The van der Waals surface area contributed by atoms with Crippen LogP contribution in [0.5, 0.6) is 11.6 Å². The third-order valence-electron chi connectivity index (χ3n) is 3.53. The molecule has 2 rings (SSSR count). The fourth-order valence-corrected chi connectivity index (χ4v) is 2.10. The van der Waals surface area contributed by atoms with E-state index in [1.54, 1.807) is 0 Å². The topological polar surface area (TPSA) is 58.8 Å². The Bertz CT molecular complexity index is 715. The van der Waals surface area contributed by atoms with Gasteiger partial charge >= 0.3 is 0 Å². The van der Waals surface area contributed by atoms with E-state index in [-0.39, 0.29) is 5.88 Å². The highest BCUT2D eigenvalue weighted by molar-refractivity contribution is 5.48. The average Bonchev–Trinajstić information content (AvgIpc) is 2.43. The molecule has 0 fully saturated rings. The molecule has 0 amide bonds. The lowest BCUT2D eigenvalue weighted by Gasteiger charge is -2.15. The molecule has 0 saturated heterocycles. The summed E-state index contributed by atoms with van der Waals surface area (Å²) < 4.78 is 5.91. The van der Waals surface area contributed by atoms with Crippen LogP contribution in [0.4, 0.5) is 0 Å². The van der Waals surface area contributed by atoms with Crippen LogP contribution in [-0.2, 0) is 0 Å². The minimum absolute atomic E-state index is 0.271. The van der Waals surface area contributed by atoms with Crippen LogP contribution in [0, 0.1) is 32.1 Å². The van der Waals surface area contributed by atoms with E-state index < -0.39 is 0 Å². The molecular weight excluding hydrogens is 262 g/mol. The van der Waals surface area contributed by atoms with Gasteiger partial charge in [0.2, 0.25) is 0 Å². The number of benzene rings is 1. The molecule has 108 valence electrons. The summed E-state index contributed by atoms with van der Waals surface area (Å²) in [5, 5.41) is 17.4. The van der Waals surface area contributed by atoms with Crippen molar-refractivity contribution in [3.63, 3.8) is 0 Å². The predicted molar refractivity (Wildman–Crippen MR) is 81.6 cm³/mol. The summed E-state index contributed by atoms with van der Waals surface area (Å²) in [6, 6.07) is 8.23. The molecule has 0 N–H and O–H groups in total. The standard InChI is InChI=1S/C17H19N3O/c1-10(2)14-7-6-11(3)8-16(14)21-17-15(9-18)12(4)13(5)19-20-17/h6-8,10H,1-5H3. The van der Waals surface area contributed by atoms with Gasteiger partial charge in [-0.25, -0.2) is 0 Å². The van der Waals surface area contributed by atoms with E-state index in [0.717, 1.165) is 28.1 Å². The van der Waals surface area contributed by atoms with Gasteiger partial charge in [-0.05, 0) is 49.4 Å². The molecule has 0 aliphatic heterocycles. The van der Waals surface area contributed by atoms with Crippen molar-refractivity contribution in [1.29, 1.82) is 5.26 Å². The Morgan fingerprint density at radius 2 is 1.86 bits per heavy atom. The monoisotopic (exact) mass is 281 g/mol. The lowest BCUT2D eigenvalue weighted by molar-refractivity contribution is 0.443. The Morgan fingerprint density at radius 3 is 2.48 bits per heavy atom. The Labute approximate surface area is 125 Å². The zero-order valence-corrected chi connectivity index (χ0v) is 13.1. The molecule has 0 radical (unpaired) electrons. The first-order valence-electron chi connectivity index (χ1n) is 6.96. The highest BCUT2D eigenvalue weighted by atomic mass is 16.5. The first kappa shape index (κ1) is 15.0. The van der Waals surface area contributed by atoms with Crippen LogP contribution in [0.1, 0.15) is 47.7 Å². The molecule has 2 aromatic rings. The Hall–Kier alpha value is -2.41. The number of nitriles is 1. The first-order valence-corrected chi connectivity index (χ1v) is 6.96. The molecule has 0 aliphatic rings. The minimum Gasteiger partial charge on any atom is -0.436 e. The molecule has 0 saturated carbocycles. The summed E-state index contributed by atoms with van der Waals surface area (Å²) in [5.74, 6) is 1.33. The number of aromatic nitrogens is 2. The molecule has 0 aliphatic carbocycles. The summed E-state index contributed by atoms with van der Waals surface area (Å²) in [5.41, 5.74) is 4.18. The van der Waals surface area contributed by atoms with Gasteiger partial charge < -0.3 is 4.74 Å². The predicted octanol–water partition coefficient (Wildman–Crippen LogP) is 4.19. The van der Waals surface area contributed by atoms with Gasteiger partial charge in [0.15, 0.2) is 0 Å². The fraction of sp³-hybridized carbons (Fsp3) is 0.353. The van der Waals surface area contributed by atoms with Crippen molar-refractivity contribution in [2.24, 2.45) is 0 Å². The van der Waals surface area contributed by atoms with Gasteiger partial charge in [-0.3, -0.25) is 0 Å². The van der Waals surface area contributed by atoms with Crippen molar-refractivity contribution in [2.45, 2.75) is 40.5 Å². The largest absolute Gasteiger partial charge is 0.436 e. The van der Waals surface area contributed by atoms with Gasteiger partial charge in [-0.15, -0.1) is 5.10 Å². The van der Waals surface area contributed by atoms with Gasteiger partial charge in [0.25, 0.3) is 5.88 Å². The molecule has 21 heavy (non-hydrogen) atoms. The number of ether oxygens (including phenoxy) is 1. The SMILES string of the molecule is Cc1ccc(C(C)C)c(Oc2nnc(C)c(C)c2C#N)c1. The Kier molecular flexibility index (Phi) is 4.23. The van der Waals surface area contributed by atoms with E-state index in [0.29, 0.717) is 11.5 Å². The van der Waals surface area contributed by atoms with Crippen molar-refractivity contribution in [3.05, 3.63) is 46.1 Å². The van der Waals surface area contributed by atoms with Gasteiger partial charge in [-0.1, -0.05) is 26.0 Å². The third-order valence-corrected chi connectivity index (χ3v) is 3.53. The van der Waals surface area contributed by atoms with E-state index in [2.05, 4.69) is 42.2 Å². The second-order valence-electron chi connectivity index (χ2n) is 5.50. The van der Waals surface area contributed by atoms with Crippen molar-refractivity contribution in [2.75, 3.05) is 0 Å². The molecule has 1 aromatic heterocycles. The number of nitrogens with zero attached hydrogens (tertiary/aromatic N) is 3. The van der Waals surface area contributed by atoms with Crippen LogP contribution >= 0.6 is 0 Å². The number of hydrogen-bond acceptors (Lipinski definition) is 4. The zero-order chi connectivity index (χ0) is 15.6. The minimum atomic E-state index is 0.271. The normalized spacial score (nSPS) is 10.5. The summed E-state index contributed by atoms with van der Waals surface area (Å²) in [6.45, 7) is 9.91. The maximum absolute atomic E-state index is 9.34. The van der Waals surface area contributed by atoms with Gasteiger partial charge in [-0.2, -0.15) is 10.4 Å². The van der Waals surface area contributed by atoms with E-state index in [4.69, 9.17) is 4.74 Å². The van der Waals surface area contributed by atoms with E-state index in [9.17, 15) is 5.26 Å². The van der Waals surface area contributed by atoms with Gasteiger partial charge in [0.05, 0.1) is 5.69 Å². The average molecular weight is 281 g/mol. The second kappa shape index (κ2) is 5.92. The fourth-order valence-electron chi connectivity index (χ4n) is 2.10. The second-order valence-corrected chi connectivity index (χ2v) is 5.50. The maximum Gasteiger partial charge on any atom is 0.257 e. The number of hydrogen-bond donors (Lipinski definition) is 0. The maximum atomic E-state index is 9.34. The van der Waals surface area contributed by atoms with Crippen LogP contribution in [0.3, 0.4) is 0 Å². The first-order chi connectivity index (χ1) is 9.93. The quantitative estimate of drug-likeness (QED) is 0.846. The lowest BCUT2D eigenvalue weighted by Crippen LogP contribution is -2.02. The molecular formula is C17H19N3O. The Balaban J connectivity index is 2.51. The number of rotatable bonds is 3. The van der Waals surface area contributed by atoms with Crippen LogP contribution < -0.4 is 4.74 Å². The van der Waals surface area contributed by atoms with Crippen molar-refractivity contribution in [3.8, 4) is 17.7 Å². The van der Waals surface area contributed by atoms with Crippen LogP contribution in [0.15, 0.2) is 18.2 Å².